The van der Waals surface area contributed by atoms with Crippen LogP contribution in [0.5, 0.6) is 0 Å². The van der Waals surface area contributed by atoms with Gasteiger partial charge in [-0.15, -0.1) is 0 Å². The molecule has 4 nitrogen and oxygen atoms in total. The number of ether oxygens (including phenoxy) is 1. The van der Waals surface area contributed by atoms with E-state index in [0.29, 0.717) is 0 Å². The Bertz CT molecular complexity index is 223. The number of amidine groups is 1. The molecule has 0 atom stereocenters. The number of hydrogen-bond donors (Lipinski definition) is 1. The quantitative estimate of drug-likeness (QED) is 0.692. The summed E-state index contributed by atoms with van der Waals surface area (Å²) in [6, 6.07) is 0. The zero-order chi connectivity index (χ0) is 9.68. The fourth-order valence-corrected chi connectivity index (χ4v) is 1.20. The summed E-state index contributed by atoms with van der Waals surface area (Å²) in [5.74, 6) is 0.726. The molecule has 0 aliphatic carbocycles. The molecule has 0 saturated carbocycles. The van der Waals surface area contributed by atoms with Gasteiger partial charge < -0.3 is 15.4 Å². The van der Waals surface area contributed by atoms with Gasteiger partial charge in [0.25, 0.3) is 0 Å². The van der Waals surface area contributed by atoms with Crippen molar-refractivity contribution in [3.63, 3.8) is 0 Å². The van der Waals surface area contributed by atoms with Gasteiger partial charge in [-0.3, -0.25) is 0 Å². The number of aliphatic imine (C=N–C) groups is 1. The summed E-state index contributed by atoms with van der Waals surface area (Å²) in [7, 11) is 3.75. The predicted molar refractivity (Wildman–Crippen MR) is 53.4 cm³/mol. The Morgan fingerprint density at radius 1 is 1.62 bits per heavy atom. The molecule has 1 rings (SSSR count). The standard InChI is InChI=1S/C9H17N3O/c1-12(5-6-13-2)8-3-4-9(10)11-7-8/h7H,3-6H2,1-2H3,(H2,10,11). The van der Waals surface area contributed by atoms with Crippen molar-refractivity contribution in [2.24, 2.45) is 10.7 Å². The van der Waals surface area contributed by atoms with E-state index in [1.165, 1.54) is 5.70 Å². The van der Waals surface area contributed by atoms with E-state index in [-0.39, 0.29) is 0 Å². The van der Waals surface area contributed by atoms with E-state index < -0.39 is 0 Å². The Balaban J connectivity index is 2.43. The molecule has 0 saturated heterocycles. The third kappa shape index (κ3) is 3.06. The average molecular weight is 183 g/mol. The molecule has 74 valence electrons. The highest BCUT2D eigenvalue weighted by atomic mass is 16.5. The van der Waals surface area contributed by atoms with E-state index in [0.717, 1.165) is 31.8 Å². The van der Waals surface area contributed by atoms with E-state index in [4.69, 9.17) is 10.5 Å². The van der Waals surface area contributed by atoms with E-state index in [1.54, 1.807) is 7.11 Å². The fourth-order valence-electron chi connectivity index (χ4n) is 1.20. The second-order valence-corrected chi connectivity index (χ2v) is 3.16. The molecule has 2 N–H and O–H groups in total. The second-order valence-electron chi connectivity index (χ2n) is 3.16. The van der Waals surface area contributed by atoms with Gasteiger partial charge in [0.05, 0.1) is 12.4 Å². The van der Waals surface area contributed by atoms with Crippen LogP contribution in [0.3, 0.4) is 0 Å². The molecule has 4 heteroatoms. The van der Waals surface area contributed by atoms with Crippen LogP contribution in [0.25, 0.3) is 0 Å². The number of nitrogens with two attached hydrogens (primary N) is 1. The van der Waals surface area contributed by atoms with Crippen LogP contribution in [0.2, 0.25) is 0 Å². The third-order valence-electron chi connectivity index (χ3n) is 2.14. The van der Waals surface area contributed by atoms with Crippen LogP contribution in [0.1, 0.15) is 12.8 Å². The molecule has 0 bridgehead atoms. The molecule has 0 spiro atoms. The minimum absolute atomic E-state index is 0.726. The fraction of sp³-hybridized carbons (Fsp3) is 0.667. The molecule has 1 aliphatic heterocycles. The first kappa shape index (κ1) is 10.1. The van der Waals surface area contributed by atoms with Crippen molar-refractivity contribution in [3.8, 4) is 0 Å². The number of rotatable bonds is 4. The minimum atomic E-state index is 0.726. The van der Waals surface area contributed by atoms with Gasteiger partial charge in [-0.2, -0.15) is 0 Å². The van der Waals surface area contributed by atoms with Crippen LogP contribution in [0.15, 0.2) is 16.9 Å². The van der Waals surface area contributed by atoms with Crippen LogP contribution in [0, 0.1) is 0 Å². The first-order valence-electron chi connectivity index (χ1n) is 4.45. The maximum Gasteiger partial charge on any atom is 0.0993 e. The maximum absolute atomic E-state index is 5.56. The van der Waals surface area contributed by atoms with Gasteiger partial charge in [-0.25, -0.2) is 4.99 Å². The summed E-state index contributed by atoms with van der Waals surface area (Å²) >= 11 is 0. The van der Waals surface area contributed by atoms with Gasteiger partial charge in [0.2, 0.25) is 0 Å². The molecule has 0 aromatic carbocycles. The van der Waals surface area contributed by atoms with Gasteiger partial charge in [-0.05, 0) is 6.42 Å². The Kier molecular flexibility index (Phi) is 3.76. The summed E-state index contributed by atoms with van der Waals surface area (Å²) < 4.78 is 5.00. The maximum atomic E-state index is 5.56. The number of methoxy groups -OCH3 is 1. The second kappa shape index (κ2) is 4.87. The Morgan fingerprint density at radius 2 is 2.38 bits per heavy atom. The Hall–Kier alpha value is -1.03. The molecular formula is C9H17N3O. The van der Waals surface area contributed by atoms with Crippen molar-refractivity contribution in [1.29, 1.82) is 0 Å². The zero-order valence-corrected chi connectivity index (χ0v) is 8.29. The smallest absolute Gasteiger partial charge is 0.0993 e. The topological polar surface area (TPSA) is 50.8 Å². The molecule has 0 amide bonds. The first-order chi connectivity index (χ1) is 6.24. The van der Waals surface area contributed by atoms with Crippen molar-refractivity contribution in [3.05, 3.63) is 11.9 Å². The number of hydrogen-bond acceptors (Lipinski definition) is 4. The van der Waals surface area contributed by atoms with Gasteiger partial charge in [0.15, 0.2) is 0 Å². The minimum Gasteiger partial charge on any atom is -0.387 e. The number of nitrogens with zero attached hydrogens (tertiary/aromatic N) is 2. The molecule has 1 heterocycles. The third-order valence-corrected chi connectivity index (χ3v) is 2.14. The molecule has 0 unspecified atom stereocenters. The lowest BCUT2D eigenvalue weighted by Crippen LogP contribution is -2.25. The van der Waals surface area contributed by atoms with Crippen LogP contribution < -0.4 is 5.73 Å². The molecule has 0 aromatic heterocycles. The van der Waals surface area contributed by atoms with Crippen LogP contribution in [-0.2, 0) is 4.74 Å². The summed E-state index contributed by atoms with van der Waals surface area (Å²) in [4.78, 5) is 6.24. The van der Waals surface area contributed by atoms with Crippen molar-refractivity contribution >= 4 is 5.84 Å². The van der Waals surface area contributed by atoms with Crippen molar-refractivity contribution in [2.45, 2.75) is 12.8 Å². The van der Waals surface area contributed by atoms with Gasteiger partial charge >= 0.3 is 0 Å². The lowest BCUT2D eigenvalue weighted by Gasteiger charge is -2.23. The molecule has 0 aromatic rings. The van der Waals surface area contributed by atoms with E-state index >= 15 is 0 Å². The van der Waals surface area contributed by atoms with Gasteiger partial charge in [0, 0.05) is 39.0 Å². The molecule has 0 fully saturated rings. The molecular weight excluding hydrogens is 166 g/mol. The number of likely N-dealkylation sites (N-methyl/N-ethyl adjacent to an activating group) is 1. The summed E-state index contributed by atoms with van der Waals surface area (Å²) in [6.45, 7) is 1.64. The largest absolute Gasteiger partial charge is 0.387 e. The zero-order valence-electron chi connectivity index (χ0n) is 8.29. The highest BCUT2D eigenvalue weighted by Gasteiger charge is 2.08. The molecule has 13 heavy (non-hydrogen) atoms. The molecule has 0 radical (unpaired) electrons. The van der Waals surface area contributed by atoms with Gasteiger partial charge in [0.1, 0.15) is 0 Å². The van der Waals surface area contributed by atoms with Crippen molar-refractivity contribution in [2.75, 3.05) is 27.3 Å². The van der Waals surface area contributed by atoms with Gasteiger partial charge in [-0.1, -0.05) is 0 Å². The normalized spacial score (nSPS) is 16.5. The lowest BCUT2D eigenvalue weighted by atomic mass is 10.2. The highest BCUT2D eigenvalue weighted by Crippen LogP contribution is 2.13. The summed E-state index contributed by atoms with van der Waals surface area (Å²) in [5.41, 5.74) is 6.79. The van der Waals surface area contributed by atoms with E-state index in [1.807, 2.05) is 13.2 Å². The first-order valence-corrected chi connectivity index (χ1v) is 4.45. The SMILES string of the molecule is COCCN(C)C1=CN=C(N)CC1. The Labute approximate surface area is 79.1 Å². The predicted octanol–water partition coefficient (Wildman–Crippen LogP) is 0.557. The lowest BCUT2D eigenvalue weighted by molar-refractivity contribution is 0.172. The molecule has 1 aliphatic rings. The summed E-state index contributed by atoms with van der Waals surface area (Å²) in [6.07, 6.45) is 3.69. The van der Waals surface area contributed by atoms with E-state index in [9.17, 15) is 0 Å². The van der Waals surface area contributed by atoms with Crippen LogP contribution >= 0.6 is 0 Å². The van der Waals surface area contributed by atoms with Crippen molar-refractivity contribution in [1.82, 2.24) is 4.90 Å². The monoisotopic (exact) mass is 183 g/mol. The average Bonchev–Trinajstić information content (AvgIpc) is 2.15. The van der Waals surface area contributed by atoms with Crippen molar-refractivity contribution < 1.29 is 4.74 Å². The Morgan fingerprint density at radius 3 is 2.92 bits per heavy atom. The summed E-state index contributed by atoms with van der Waals surface area (Å²) in [5, 5.41) is 0. The van der Waals surface area contributed by atoms with E-state index in [2.05, 4.69) is 9.89 Å². The van der Waals surface area contributed by atoms with Crippen LogP contribution in [0.4, 0.5) is 0 Å². The van der Waals surface area contributed by atoms with Crippen LogP contribution in [-0.4, -0.2) is 38.0 Å². The number of allylic oxidation sites excluding steroid dienone is 1. The highest BCUT2D eigenvalue weighted by molar-refractivity contribution is 5.81.